The smallest absolute Gasteiger partial charge is 0.341 e. The van der Waals surface area contributed by atoms with Gasteiger partial charge in [-0.05, 0) is 18.2 Å². The third kappa shape index (κ3) is 2.80. The highest BCUT2D eigenvalue weighted by molar-refractivity contribution is 5.95. The minimum Gasteiger partial charge on any atom is -0.490 e. The zero-order valence-corrected chi connectivity index (χ0v) is 14.3. The third-order valence-corrected chi connectivity index (χ3v) is 4.52. The van der Waals surface area contributed by atoms with Crippen LogP contribution in [0.1, 0.15) is 15.9 Å². The van der Waals surface area contributed by atoms with Gasteiger partial charge in [-0.3, -0.25) is 4.79 Å². The quantitative estimate of drug-likeness (QED) is 0.703. The van der Waals surface area contributed by atoms with Crippen LogP contribution >= 0.6 is 0 Å². The summed E-state index contributed by atoms with van der Waals surface area (Å²) in [5, 5.41) is 12.0. The van der Waals surface area contributed by atoms with Crippen LogP contribution < -0.4 is 15.5 Å². The Morgan fingerprint density at radius 1 is 1.18 bits per heavy atom. The summed E-state index contributed by atoms with van der Waals surface area (Å²) < 4.78 is 49.1. The summed E-state index contributed by atoms with van der Waals surface area (Å²) in [7, 11) is 0. The highest BCUT2D eigenvalue weighted by atomic mass is 19.1. The lowest BCUT2D eigenvalue weighted by atomic mass is 10.0. The maximum absolute atomic E-state index is 14.6. The van der Waals surface area contributed by atoms with Crippen molar-refractivity contribution >= 4 is 16.9 Å². The summed E-state index contributed by atoms with van der Waals surface area (Å²) in [6.07, 6.45) is 0.934. The van der Waals surface area contributed by atoms with Gasteiger partial charge in [-0.15, -0.1) is 0 Å². The van der Waals surface area contributed by atoms with Crippen molar-refractivity contribution in [3.63, 3.8) is 0 Å². The number of ether oxygens (including phenoxy) is 1. The number of nitrogens with one attached hydrogen (secondary N) is 1. The molecule has 9 heteroatoms. The number of rotatable bonds is 2. The van der Waals surface area contributed by atoms with E-state index in [9.17, 15) is 27.9 Å². The highest BCUT2D eigenvalue weighted by Gasteiger charge is 2.25. The first-order chi connectivity index (χ1) is 13.4. The molecule has 0 spiro atoms. The summed E-state index contributed by atoms with van der Waals surface area (Å²) >= 11 is 0. The van der Waals surface area contributed by atoms with E-state index in [0.29, 0.717) is 12.6 Å². The standard InChI is InChI=1S/C19H13F3N2O4/c20-9-1-2-15(14(22)5-9)24-8-12(19(26)27)17(25)10-6-13(21)11-7-23-3-4-28-18(11)16(10)24/h1-2,5-6,8,23H,3-4,7H2,(H,26,27). The van der Waals surface area contributed by atoms with Crippen LogP contribution in [0.25, 0.3) is 16.6 Å². The van der Waals surface area contributed by atoms with E-state index in [-0.39, 0.29) is 41.1 Å². The predicted octanol–water partition coefficient (Wildman–Crippen LogP) is 2.59. The van der Waals surface area contributed by atoms with Crippen LogP contribution in [0.5, 0.6) is 5.75 Å². The number of carbonyl (C=O) groups is 1. The first kappa shape index (κ1) is 18.1. The zero-order chi connectivity index (χ0) is 20.0. The highest BCUT2D eigenvalue weighted by Crippen LogP contribution is 2.34. The molecule has 4 rings (SSSR count). The maximum atomic E-state index is 14.6. The maximum Gasteiger partial charge on any atom is 0.341 e. The molecule has 2 aromatic carbocycles. The van der Waals surface area contributed by atoms with Crippen molar-refractivity contribution in [1.29, 1.82) is 0 Å². The molecule has 0 saturated carbocycles. The van der Waals surface area contributed by atoms with E-state index < -0.39 is 34.4 Å². The van der Waals surface area contributed by atoms with E-state index in [2.05, 4.69) is 5.32 Å². The lowest BCUT2D eigenvalue weighted by Crippen LogP contribution is -2.20. The van der Waals surface area contributed by atoms with Gasteiger partial charge in [0.25, 0.3) is 0 Å². The normalized spacial score (nSPS) is 13.7. The number of hydrogen-bond acceptors (Lipinski definition) is 4. The summed E-state index contributed by atoms with van der Waals surface area (Å²) in [6, 6.07) is 3.64. The Bertz CT molecular complexity index is 1190. The number of aromatic carboxylic acids is 1. The number of carboxylic acid groups (broad SMARTS) is 1. The Kier molecular flexibility index (Phi) is 4.31. The number of fused-ring (bicyclic) bond motifs is 3. The molecule has 1 aliphatic heterocycles. The van der Waals surface area contributed by atoms with E-state index in [1.54, 1.807) is 0 Å². The summed E-state index contributed by atoms with van der Waals surface area (Å²) in [6.45, 7) is 0.683. The molecule has 1 aliphatic rings. The Balaban J connectivity index is 2.20. The molecule has 3 aromatic rings. The average molecular weight is 390 g/mol. The molecule has 2 N–H and O–H groups in total. The van der Waals surface area contributed by atoms with Crippen LogP contribution in [-0.2, 0) is 6.54 Å². The molecule has 0 amide bonds. The fraction of sp³-hybridized carbons (Fsp3) is 0.158. The largest absolute Gasteiger partial charge is 0.490 e. The van der Waals surface area contributed by atoms with Crippen LogP contribution in [0.4, 0.5) is 13.2 Å². The van der Waals surface area contributed by atoms with Gasteiger partial charge in [-0.25, -0.2) is 18.0 Å². The molecule has 0 aliphatic carbocycles. The fourth-order valence-corrected chi connectivity index (χ4v) is 3.24. The number of carboxylic acids is 1. The monoisotopic (exact) mass is 390 g/mol. The first-order valence-electron chi connectivity index (χ1n) is 8.31. The second-order valence-electron chi connectivity index (χ2n) is 6.23. The fourth-order valence-electron chi connectivity index (χ4n) is 3.24. The van der Waals surface area contributed by atoms with Crippen LogP contribution in [-0.4, -0.2) is 28.8 Å². The van der Waals surface area contributed by atoms with Crippen LogP contribution in [0, 0.1) is 17.5 Å². The van der Waals surface area contributed by atoms with Crippen molar-refractivity contribution in [3.8, 4) is 11.4 Å². The predicted molar refractivity (Wildman–Crippen MR) is 93.6 cm³/mol. The van der Waals surface area contributed by atoms with Crippen molar-refractivity contribution in [2.75, 3.05) is 13.2 Å². The van der Waals surface area contributed by atoms with Crippen molar-refractivity contribution in [3.05, 3.63) is 69.3 Å². The molecule has 28 heavy (non-hydrogen) atoms. The van der Waals surface area contributed by atoms with Crippen LogP contribution in [0.3, 0.4) is 0 Å². The molecular weight excluding hydrogens is 377 g/mol. The zero-order valence-electron chi connectivity index (χ0n) is 14.3. The van der Waals surface area contributed by atoms with E-state index in [4.69, 9.17) is 4.74 Å². The van der Waals surface area contributed by atoms with Crippen molar-refractivity contribution in [2.45, 2.75) is 6.54 Å². The Labute approximate surface area is 155 Å². The Morgan fingerprint density at radius 3 is 2.68 bits per heavy atom. The van der Waals surface area contributed by atoms with Crippen LogP contribution in [0.15, 0.2) is 35.3 Å². The number of pyridine rings is 1. The molecule has 0 saturated heterocycles. The van der Waals surface area contributed by atoms with E-state index >= 15 is 0 Å². The molecule has 0 unspecified atom stereocenters. The molecule has 1 aromatic heterocycles. The van der Waals surface area contributed by atoms with Gasteiger partial charge in [0.2, 0.25) is 5.43 Å². The van der Waals surface area contributed by atoms with Crippen LogP contribution in [0.2, 0.25) is 0 Å². The van der Waals surface area contributed by atoms with Gasteiger partial charge >= 0.3 is 5.97 Å². The number of aromatic nitrogens is 1. The second-order valence-corrected chi connectivity index (χ2v) is 6.23. The Morgan fingerprint density at radius 2 is 1.96 bits per heavy atom. The SMILES string of the molecule is O=C(O)c1cn(-c2ccc(F)cc2F)c2c3c(c(F)cc2c1=O)CNCCO3. The minimum atomic E-state index is -1.55. The van der Waals surface area contributed by atoms with E-state index in [1.807, 2.05) is 0 Å². The summed E-state index contributed by atoms with van der Waals surface area (Å²) in [4.78, 5) is 24.1. The van der Waals surface area contributed by atoms with E-state index in [0.717, 1.165) is 29.0 Å². The number of hydrogen-bond donors (Lipinski definition) is 2. The molecular formula is C19H13F3N2O4. The van der Waals surface area contributed by atoms with Gasteiger partial charge in [0.05, 0.1) is 16.6 Å². The van der Waals surface area contributed by atoms with Gasteiger partial charge in [-0.1, -0.05) is 0 Å². The first-order valence-corrected chi connectivity index (χ1v) is 8.31. The second kappa shape index (κ2) is 6.68. The lowest BCUT2D eigenvalue weighted by Gasteiger charge is -2.18. The van der Waals surface area contributed by atoms with Crippen molar-refractivity contribution in [2.24, 2.45) is 0 Å². The van der Waals surface area contributed by atoms with Crippen molar-refractivity contribution in [1.82, 2.24) is 9.88 Å². The molecule has 0 radical (unpaired) electrons. The molecule has 0 fully saturated rings. The van der Waals surface area contributed by atoms with Gasteiger partial charge in [0.15, 0.2) is 5.75 Å². The summed E-state index contributed by atoms with van der Waals surface area (Å²) in [5.74, 6) is -4.09. The topological polar surface area (TPSA) is 80.6 Å². The number of halogens is 3. The molecule has 2 heterocycles. The van der Waals surface area contributed by atoms with Gasteiger partial charge in [0, 0.05) is 30.9 Å². The lowest BCUT2D eigenvalue weighted by molar-refractivity contribution is 0.0695. The van der Waals surface area contributed by atoms with Gasteiger partial charge in [-0.2, -0.15) is 0 Å². The minimum absolute atomic E-state index is 0.0118. The molecule has 6 nitrogen and oxygen atoms in total. The number of nitrogens with zero attached hydrogens (tertiary/aromatic N) is 1. The van der Waals surface area contributed by atoms with Gasteiger partial charge in [0.1, 0.15) is 29.6 Å². The Hall–Kier alpha value is -3.33. The third-order valence-electron chi connectivity index (χ3n) is 4.52. The summed E-state index contributed by atoms with van der Waals surface area (Å²) in [5.41, 5.74) is -1.67. The molecule has 144 valence electrons. The average Bonchev–Trinajstić information content (AvgIpc) is 2.89. The van der Waals surface area contributed by atoms with E-state index in [1.165, 1.54) is 0 Å². The van der Waals surface area contributed by atoms with Crippen molar-refractivity contribution < 1.29 is 27.8 Å². The molecule has 0 bridgehead atoms. The van der Waals surface area contributed by atoms with Gasteiger partial charge < -0.3 is 19.7 Å². The molecule has 0 atom stereocenters. The number of benzene rings is 2.